The van der Waals surface area contributed by atoms with E-state index in [1.54, 1.807) is 0 Å². The van der Waals surface area contributed by atoms with Gasteiger partial charge in [-0.3, -0.25) is 0 Å². The van der Waals surface area contributed by atoms with E-state index in [9.17, 15) is 0 Å². The molecule has 0 aromatic heterocycles. The summed E-state index contributed by atoms with van der Waals surface area (Å²) >= 11 is 0. The Hall–Kier alpha value is -1.06. The van der Waals surface area contributed by atoms with Gasteiger partial charge in [0.25, 0.3) is 0 Å². The summed E-state index contributed by atoms with van der Waals surface area (Å²) in [4.78, 5) is 0. The van der Waals surface area contributed by atoms with Crippen molar-refractivity contribution in [2.45, 2.75) is 97.2 Å². The lowest BCUT2D eigenvalue weighted by Gasteiger charge is -2.28. The molecule has 3 rings (SSSR count). The molecule has 30 heavy (non-hydrogen) atoms. The maximum Gasteiger partial charge on any atom is 0.183 e. The number of hydrogen-bond acceptors (Lipinski definition) is 3. The summed E-state index contributed by atoms with van der Waals surface area (Å²) in [6.45, 7) is 6.80. The molecule has 0 bridgehead atoms. The minimum atomic E-state index is -0.221. The molecule has 1 saturated carbocycles. The molecule has 1 aliphatic carbocycles. The van der Waals surface area contributed by atoms with Crippen molar-refractivity contribution >= 4 is 0 Å². The maximum atomic E-state index is 5.98. The van der Waals surface area contributed by atoms with Crippen molar-refractivity contribution in [3.8, 4) is 5.75 Å². The van der Waals surface area contributed by atoms with Crippen LogP contribution in [0.3, 0.4) is 0 Å². The van der Waals surface area contributed by atoms with Gasteiger partial charge in [0.2, 0.25) is 0 Å². The van der Waals surface area contributed by atoms with E-state index in [1.807, 2.05) is 12.1 Å². The van der Waals surface area contributed by atoms with Crippen LogP contribution in [0.25, 0.3) is 0 Å². The smallest absolute Gasteiger partial charge is 0.183 e. The average Bonchev–Trinajstić information content (AvgIpc) is 2.78. The summed E-state index contributed by atoms with van der Waals surface area (Å²) in [5, 5.41) is 0. The molecule has 1 aromatic rings. The van der Waals surface area contributed by atoms with Crippen molar-refractivity contribution in [1.29, 1.82) is 0 Å². The molecule has 0 radical (unpaired) electrons. The van der Waals surface area contributed by atoms with Gasteiger partial charge >= 0.3 is 0 Å². The molecule has 3 nitrogen and oxygen atoms in total. The molecule has 2 fully saturated rings. The van der Waals surface area contributed by atoms with Crippen molar-refractivity contribution in [2.24, 2.45) is 17.8 Å². The van der Waals surface area contributed by atoms with E-state index in [-0.39, 0.29) is 6.29 Å². The first-order valence-corrected chi connectivity index (χ1v) is 12.7. The van der Waals surface area contributed by atoms with Crippen LogP contribution in [0.1, 0.15) is 103 Å². The molecule has 3 heteroatoms. The fraction of sp³-hybridized carbons (Fsp3) is 0.778. The molecule has 0 spiro atoms. The highest BCUT2D eigenvalue weighted by Crippen LogP contribution is 2.34. The van der Waals surface area contributed by atoms with Gasteiger partial charge < -0.3 is 14.2 Å². The van der Waals surface area contributed by atoms with Crippen LogP contribution in [-0.4, -0.2) is 19.8 Å². The lowest BCUT2D eigenvalue weighted by Crippen LogP contribution is -2.24. The second kappa shape index (κ2) is 13.4. The van der Waals surface area contributed by atoms with Crippen LogP contribution in [-0.2, 0) is 9.47 Å². The number of ether oxygens (including phenoxy) is 3. The summed E-state index contributed by atoms with van der Waals surface area (Å²) in [5.41, 5.74) is 1.08. The monoisotopic (exact) mass is 416 g/mol. The van der Waals surface area contributed by atoms with Gasteiger partial charge in [0.15, 0.2) is 6.29 Å². The zero-order valence-corrected chi connectivity index (χ0v) is 19.5. The van der Waals surface area contributed by atoms with E-state index in [0.717, 1.165) is 43.0 Å². The average molecular weight is 417 g/mol. The number of hydrogen-bond donors (Lipinski definition) is 0. The molecule has 1 saturated heterocycles. The quantitative estimate of drug-likeness (QED) is 0.327. The zero-order valence-electron chi connectivity index (χ0n) is 19.5. The molecular weight excluding hydrogens is 372 g/mol. The van der Waals surface area contributed by atoms with E-state index in [0.29, 0.717) is 5.92 Å². The summed E-state index contributed by atoms with van der Waals surface area (Å²) < 4.78 is 17.5. The highest BCUT2D eigenvalue weighted by Gasteiger charge is 2.21. The van der Waals surface area contributed by atoms with Crippen molar-refractivity contribution < 1.29 is 14.2 Å². The van der Waals surface area contributed by atoms with E-state index in [1.165, 1.54) is 77.0 Å². The molecule has 1 aliphatic heterocycles. The highest BCUT2D eigenvalue weighted by atomic mass is 16.7. The largest absolute Gasteiger partial charge is 0.494 e. The third kappa shape index (κ3) is 8.23. The third-order valence-electron chi connectivity index (χ3n) is 6.92. The lowest BCUT2D eigenvalue weighted by molar-refractivity contribution is -0.202. The van der Waals surface area contributed by atoms with Crippen molar-refractivity contribution in [2.75, 3.05) is 19.8 Å². The minimum absolute atomic E-state index is 0.221. The van der Waals surface area contributed by atoms with Crippen LogP contribution in [0.15, 0.2) is 24.3 Å². The summed E-state index contributed by atoms with van der Waals surface area (Å²) in [6, 6.07) is 8.23. The predicted molar refractivity (Wildman–Crippen MR) is 124 cm³/mol. The van der Waals surface area contributed by atoms with Crippen LogP contribution < -0.4 is 4.74 Å². The molecule has 1 heterocycles. The first-order chi connectivity index (χ1) is 14.7. The van der Waals surface area contributed by atoms with Crippen molar-refractivity contribution in [3.63, 3.8) is 0 Å². The standard InChI is InChI=1S/C27H44O3/c1-3-4-5-6-7-9-23-11-13-24(14-12-23)10-8-19-28-26-17-15-25(16-18-26)27-29-20-22(2)21-30-27/h15-18,22-24,27H,3-14,19-21H2,1-2H3. The Labute approximate surface area is 184 Å². The van der Waals surface area contributed by atoms with Gasteiger partial charge in [0.1, 0.15) is 5.75 Å². The third-order valence-corrected chi connectivity index (χ3v) is 6.92. The van der Waals surface area contributed by atoms with E-state index in [4.69, 9.17) is 14.2 Å². The number of unbranched alkanes of at least 4 members (excludes halogenated alkanes) is 4. The molecule has 1 aromatic carbocycles. The molecule has 0 unspecified atom stereocenters. The van der Waals surface area contributed by atoms with Gasteiger partial charge in [-0.1, -0.05) is 90.2 Å². The van der Waals surface area contributed by atoms with Gasteiger partial charge in [0, 0.05) is 11.5 Å². The van der Waals surface area contributed by atoms with Gasteiger partial charge in [-0.25, -0.2) is 0 Å². The highest BCUT2D eigenvalue weighted by molar-refractivity contribution is 5.28. The molecule has 0 amide bonds. The first kappa shape index (κ1) is 23.6. The number of benzene rings is 1. The fourth-order valence-corrected chi connectivity index (χ4v) is 4.92. The number of rotatable bonds is 12. The van der Waals surface area contributed by atoms with Crippen molar-refractivity contribution in [1.82, 2.24) is 0 Å². The molecule has 2 aliphatic rings. The summed E-state index contributed by atoms with van der Waals surface area (Å²) in [7, 11) is 0. The molecular formula is C27H44O3. The maximum absolute atomic E-state index is 5.98. The summed E-state index contributed by atoms with van der Waals surface area (Å²) in [5.74, 6) is 3.37. The molecule has 0 N–H and O–H groups in total. The Morgan fingerprint density at radius 1 is 0.800 bits per heavy atom. The fourth-order valence-electron chi connectivity index (χ4n) is 4.92. The van der Waals surface area contributed by atoms with E-state index in [2.05, 4.69) is 26.0 Å². The van der Waals surface area contributed by atoms with E-state index < -0.39 is 0 Å². The second-order valence-electron chi connectivity index (χ2n) is 9.75. The van der Waals surface area contributed by atoms with Crippen LogP contribution in [0.2, 0.25) is 0 Å². The summed E-state index contributed by atoms with van der Waals surface area (Å²) in [6.07, 6.45) is 16.7. The second-order valence-corrected chi connectivity index (χ2v) is 9.75. The van der Waals surface area contributed by atoms with Crippen LogP contribution >= 0.6 is 0 Å². The van der Waals surface area contributed by atoms with Crippen LogP contribution in [0.4, 0.5) is 0 Å². The molecule has 0 atom stereocenters. The first-order valence-electron chi connectivity index (χ1n) is 12.7. The Morgan fingerprint density at radius 2 is 1.40 bits per heavy atom. The lowest BCUT2D eigenvalue weighted by atomic mass is 9.78. The SMILES string of the molecule is CCCCCCCC1CCC(CCCOc2ccc(C3OCC(C)CO3)cc2)CC1. The topological polar surface area (TPSA) is 27.7 Å². The van der Waals surface area contributed by atoms with Gasteiger partial charge in [0.05, 0.1) is 19.8 Å². The van der Waals surface area contributed by atoms with Crippen molar-refractivity contribution in [3.05, 3.63) is 29.8 Å². The predicted octanol–water partition coefficient (Wildman–Crippen LogP) is 7.69. The zero-order chi connectivity index (χ0) is 21.0. The normalized spacial score (nSPS) is 27.1. The van der Waals surface area contributed by atoms with E-state index >= 15 is 0 Å². The van der Waals surface area contributed by atoms with Gasteiger partial charge in [-0.15, -0.1) is 0 Å². The Morgan fingerprint density at radius 3 is 2.03 bits per heavy atom. The van der Waals surface area contributed by atoms with Crippen LogP contribution in [0, 0.1) is 17.8 Å². The van der Waals surface area contributed by atoms with Gasteiger partial charge in [-0.05, 0) is 36.8 Å². The Kier molecular flexibility index (Phi) is 10.5. The van der Waals surface area contributed by atoms with Gasteiger partial charge in [-0.2, -0.15) is 0 Å². The Balaban J connectivity index is 1.23. The Bertz CT molecular complexity index is 554. The minimum Gasteiger partial charge on any atom is -0.494 e. The molecule has 170 valence electrons. The van der Waals surface area contributed by atoms with Crippen LogP contribution in [0.5, 0.6) is 5.75 Å².